The van der Waals surface area contributed by atoms with Gasteiger partial charge in [0, 0.05) is 18.6 Å². The van der Waals surface area contributed by atoms with Gasteiger partial charge >= 0.3 is 0 Å². The molecule has 0 fully saturated rings. The van der Waals surface area contributed by atoms with Crippen LogP contribution in [-0.4, -0.2) is 9.55 Å². The van der Waals surface area contributed by atoms with E-state index in [4.69, 9.17) is 0 Å². The van der Waals surface area contributed by atoms with Gasteiger partial charge in [0.2, 0.25) is 0 Å². The van der Waals surface area contributed by atoms with Crippen molar-refractivity contribution < 1.29 is 0 Å². The first-order valence-electron chi connectivity index (χ1n) is 4.89. The predicted molar refractivity (Wildman–Crippen MR) is 56.5 cm³/mol. The molecule has 0 saturated carbocycles. The number of nitrogens with one attached hydrogen (secondary N) is 1. The Balaban J connectivity index is 2.08. The summed E-state index contributed by atoms with van der Waals surface area (Å²) < 4.78 is 2.03. The fourth-order valence-corrected chi connectivity index (χ4v) is 1.47. The van der Waals surface area contributed by atoms with E-state index < -0.39 is 0 Å². The van der Waals surface area contributed by atoms with Crippen molar-refractivity contribution in [2.24, 2.45) is 5.92 Å². The normalized spacial score (nSPS) is 20.8. The zero-order valence-corrected chi connectivity index (χ0v) is 8.51. The second-order valence-corrected chi connectivity index (χ2v) is 3.78. The van der Waals surface area contributed by atoms with Crippen molar-refractivity contribution in [1.29, 1.82) is 0 Å². The van der Waals surface area contributed by atoms with Crippen molar-refractivity contribution in [3.8, 4) is 0 Å². The lowest BCUT2D eigenvalue weighted by molar-refractivity contribution is 0.535. The first-order valence-corrected chi connectivity index (χ1v) is 4.89. The number of dihydropyridines is 1. The largest absolute Gasteiger partial charge is 0.367 e. The van der Waals surface area contributed by atoms with E-state index in [0.29, 0.717) is 5.92 Å². The van der Waals surface area contributed by atoms with Crippen molar-refractivity contribution in [2.75, 3.05) is 0 Å². The number of aromatic nitrogens is 2. The number of imidazole rings is 1. The standard InChI is InChI=1S/C11H15N3/c1-9(2)10-3-4-11(13-7-10)14-6-5-12-8-14/h3-9,11,13H,1-2H3. The molecule has 2 heterocycles. The van der Waals surface area contributed by atoms with E-state index in [2.05, 4.69) is 42.5 Å². The maximum atomic E-state index is 4.02. The first kappa shape index (κ1) is 9.06. The Morgan fingerprint density at radius 1 is 1.50 bits per heavy atom. The molecule has 1 N–H and O–H groups in total. The van der Waals surface area contributed by atoms with Gasteiger partial charge in [0.1, 0.15) is 6.17 Å². The Morgan fingerprint density at radius 2 is 2.36 bits per heavy atom. The van der Waals surface area contributed by atoms with E-state index in [1.807, 2.05) is 17.1 Å². The van der Waals surface area contributed by atoms with E-state index in [-0.39, 0.29) is 6.17 Å². The van der Waals surface area contributed by atoms with Gasteiger partial charge in [0.05, 0.1) is 6.33 Å². The highest BCUT2D eigenvalue weighted by Gasteiger charge is 2.09. The molecule has 2 rings (SSSR count). The highest BCUT2D eigenvalue weighted by Crippen LogP contribution is 2.17. The fourth-order valence-electron chi connectivity index (χ4n) is 1.47. The van der Waals surface area contributed by atoms with E-state index in [9.17, 15) is 0 Å². The molecule has 0 amide bonds. The van der Waals surface area contributed by atoms with Crippen molar-refractivity contribution in [3.63, 3.8) is 0 Å². The van der Waals surface area contributed by atoms with Gasteiger partial charge < -0.3 is 9.88 Å². The molecule has 3 heteroatoms. The quantitative estimate of drug-likeness (QED) is 0.772. The maximum Gasteiger partial charge on any atom is 0.123 e. The topological polar surface area (TPSA) is 29.9 Å². The van der Waals surface area contributed by atoms with Crippen LogP contribution in [0, 0.1) is 5.92 Å². The molecule has 0 spiro atoms. The number of rotatable bonds is 2. The summed E-state index contributed by atoms with van der Waals surface area (Å²) in [4.78, 5) is 4.02. The van der Waals surface area contributed by atoms with Crippen LogP contribution in [-0.2, 0) is 0 Å². The second kappa shape index (κ2) is 3.70. The zero-order chi connectivity index (χ0) is 9.97. The van der Waals surface area contributed by atoms with Crippen LogP contribution in [0.5, 0.6) is 0 Å². The van der Waals surface area contributed by atoms with Crippen molar-refractivity contribution in [1.82, 2.24) is 14.9 Å². The molecule has 1 aliphatic heterocycles. The molecular formula is C11H15N3. The summed E-state index contributed by atoms with van der Waals surface area (Å²) in [5.41, 5.74) is 1.33. The second-order valence-electron chi connectivity index (χ2n) is 3.78. The minimum Gasteiger partial charge on any atom is -0.367 e. The van der Waals surface area contributed by atoms with Gasteiger partial charge in [-0.15, -0.1) is 0 Å². The third-order valence-electron chi connectivity index (χ3n) is 2.40. The minimum absolute atomic E-state index is 0.208. The Bertz CT molecular complexity index is 347. The number of nitrogens with zero attached hydrogens (tertiary/aromatic N) is 2. The van der Waals surface area contributed by atoms with Crippen LogP contribution < -0.4 is 5.32 Å². The Hall–Kier alpha value is -1.51. The van der Waals surface area contributed by atoms with Crippen LogP contribution in [0.15, 0.2) is 42.6 Å². The van der Waals surface area contributed by atoms with Gasteiger partial charge in [-0.25, -0.2) is 4.98 Å². The third kappa shape index (κ3) is 1.71. The van der Waals surface area contributed by atoms with Crippen LogP contribution in [0.3, 0.4) is 0 Å². The van der Waals surface area contributed by atoms with Crippen LogP contribution in [0.25, 0.3) is 0 Å². The Labute approximate surface area is 84.2 Å². The van der Waals surface area contributed by atoms with E-state index in [1.54, 1.807) is 6.20 Å². The van der Waals surface area contributed by atoms with Crippen molar-refractivity contribution in [2.45, 2.75) is 20.0 Å². The molecule has 1 aliphatic rings. The Morgan fingerprint density at radius 3 is 2.86 bits per heavy atom. The van der Waals surface area contributed by atoms with E-state index in [0.717, 1.165) is 0 Å². The van der Waals surface area contributed by atoms with Gasteiger partial charge in [-0.2, -0.15) is 0 Å². The molecule has 0 radical (unpaired) electrons. The molecule has 0 saturated heterocycles. The number of allylic oxidation sites excluding steroid dienone is 2. The van der Waals surface area contributed by atoms with Crippen LogP contribution >= 0.6 is 0 Å². The SMILES string of the molecule is CC(C)C1=CNC(n2ccnc2)C=C1. The van der Waals surface area contributed by atoms with Crippen LogP contribution in [0.4, 0.5) is 0 Å². The molecule has 1 atom stereocenters. The summed E-state index contributed by atoms with van der Waals surface area (Å²) in [5.74, 6) is 0.572. The molecule has 1 aromatic heterocycles. The minimum atomic E-state index is 0.208. The summed E-state index contributed by atoms with van der Waals surface area (Å²) in [5, 5.41) is 3.33. The van der Waals surface area contributed by atoms with Crippen LogP contribution in [0.1, 0.15) is 20.0 Å². The molecular weight excluding hydrogens is 174 g/mol. The van der Waals surface area contributed by atoms with Gasteiger partial charge in [-0.05, 0) is 17.6 Å². The number of hydrogen-bond acceptors (Lipinski definition) is 2. The summed E-state index contributed by atoms with van der Waals surface area (Å²) in [6.45, 7) is 4.38. The lowest BCUT2D eigenvalue weighted by atomic mass is 10.0. The molecule has 0 bridgehead atoms. The molecule has 1 aromatic rings. The molecule has 0 aromatic carbocycles. The third-order valence-corrected chi connectivity index (χ3v) is 2.40. The van der Waals surface area contributed by atoms with Gasteiger partial charge in [-0.1, -0.05) is 19.9 Å². The predicted octanol–water partition coefficient (Wildman–Crippen LogP) is 2.08. The smallest absolute Gasteiger partial charge is 0.123 e. The number of hydrogen-bond donors (Lipinski definition) is 1. The molecule has 1 unspecified atom stereocenters. The molecule has 0 aliphatic carbocycles. The molecule has 14 heavy (non-hydrogen) atoms. The van der Waals surface area contributed by atoms with Gasteiger partial charge in [0.15, 0.2) is 0 Å². The summed E-state index contributed by atoms with van der Waals surface area (Å²) in [6, 6.07) is 0. The molecule has 74 valence electrons. The zero-order valence-electron chi connectivity index (χ0n) is 8.51. The average molecular weight is 189 g/mol. The van der Waals surface area contributed by atoms with Crippen molar-refractivity contribution >= 4 is 0 Å². The van der Waals surface area contributed by atoms with Crippen molar-refractivity contribution in [3.05, 3.63) is 42.6 Å². The Kier molecular flexibility index (Phi) is 2.39. The maximum absolute atomic E-state index is 4.02. The van der Waals surface area contributed by atoms with E-state index in [1.165, 1.54) is 5.57 Å². The highest BCUT2D eigenvalue weighted by atomic mass is 15.2. The lowest BCUT2D eigenvalue weighted by Crippen LogP contribution is -2.22. The monoisotopic (exact) mass is 189 g/mol. The lowest BCUT2D eigenvalue weighted by Gasteiger charge is -2.21. The average Bonchev–Trinajstić information content (AvgIpc) is 2.71. The summed E-state index contributed by atoms with van der Waals surface area (Å²) in [6.07, 6.45) is 12.2. The van der Waals surface area contributed by atoms with Crippen LogP contribution in [0.2, 0.25) is 0 Å². The fraction of sp³-hybridized carbons (Fsp3) is 0.364. The summed E-state index contributed by atoms with van der Waals surface area (Å²) in [7, 11) is 0. The first-order chi connectivity index (χ1) is 6.77. The van der Waals surface area contributed by atoms with Gasteiger partial charge in [-0.3, -0.25) is 0 Å². The molecule has 3 nitrogen and oxygen atoms in total. The van der Waals surface area contributed by atoms with Gasteiger partial charge in [0.25, 0.3) is 0 Å². The van der Waals surface area contributed by atoms with E-state index >= 15 is 0 Å². The highest BCUT2D eigenvalue weighted by molar-refractivity contribution is 5.24. The summed E-state index contributed by atoms with van der Waals surface area (Å²) >= 11 is 0.